The lowest BCUT2D eigenvalue weighted by Gasteiger charge is -2.18. The number of thiophene rings is 1. The fourth-order valence-corrected chi connectivity index (χ4v) is 3.22. The highest BCUT2D eigenvalue weighted by Crippen LogP contribution is 2.28. The van der Waals surface area contributed by atoms with Crippen molar-refractivity contribution in [3.05, 3.63) is 40.1 Å². The Morgan fingerprint density at radius 2 is 2.16 bits per heavy atom. The quantitative estimate of drug-likeness (QED) is 0.838. The smallest absolute Gasteiger partial charge is 0.131 e. The number of imidazole rings is 1. The topological polar surface area (TPSA) is 29.9 Å². The molecule has 0 aliphatic heterocycles. The van der Waals surface area contributed by atoms with Crippen molar-refractivity contribution in [1.82, 2.24) is 14.9 Å². The van der Waals surface area contributed by atoms with Crippen LogP contribution in [0.5, 0.6) is 0 Å². The average molecular weight is 277 g/mol. The SMILES string of the molecule is CCCNC(c1ccc(CC)s1)c1nccn1CC. The van der Waals surface area contributed by atoms with E-state index in [0.717, 1.165) is 31.8 Å². The van der Waals surface area contributed by atoms with Crippen LogP contribution in [0.2, 0.25) is 0 Å². The van der Waals surface area contributed by atoms with E-state index in [1.54, 1.807) is 0 Å². The fourth-order valence-electron chi connectivity index (χ4n) is 2.20. The van der Waals surface area contributed by atoms with Gasteiger partial charge >= 0.3 is 0 Å². The molecule has 0 aliphatic rings. The molecule has 0 saturated heterocycles. The van der Waals surface area contributed by atoms with Gasteiger partial charge in [0.1, 0.15) is 11.9 Å². The van der Waals surface area contributed by atoms with E-state index in [-0.39, 0.29) is 6.04 Å². The predicted molar refractivity (Wildman–Crippen MR) is 81.7 cm³/mol. The molecule has 2 heterocycles. The maximum Gasteiger partial charge on any atom is 0.131 e. The minimum absolute atomic E-state index is 0.222. The minimum atomic E-state index is 0.222. The summed E-state index contributed by atoms with van der Waals surface area (Å²) in [7, 11) is 0. The Morgan fingerprint density at radius 3 is 2.79 bits per heavy atom. The minimum Gasteiger partial charge on any atom is -0.334 e. The fraction of sp³-hybridized carbons (Fsp3) is 0.533. The maximum absolute atomic E-state index is 4.56. The lowest BCUT2D eigenvalue weighted by Crippen LogP contribution is -2.25. The van der Waals surface area contributed by atoms with Gasteiger partial charge in [-0.2, -0.15) is 0 Å². The van der Waals surface area contributed by atoms with Crippen LogP contribution in [0.25, 0.3) is 0 Å². The Morgan fingerprint density at radius 1 is 1.32 bits per heavy atom. The highest BCUT2D eigenvalue weighted by atomic mass is 32.1. The molecule has 2 aromatic heterocycles. The predicted octanol–water partition coefficient (Wildman–Crippen LogP) is 3.62. The molecule has 2 aromatic rings. The third-order valence-corrected chi connectivity index (χ3v) is 4.55. The van der Waals surface area contributed by atoms with Crippen molar-refractivity contribution in [2.24, 2.45) is 0 Å². The van der Waals surface area contributed by atoms with Gasteiger partial charge in [-0.1, -0.05) is 13.8 Å². The van der Waals surface area contributed by atoms with E-state index >= 15 is 0 Å². The van der Waals surface area contributed by atoms with E-state index in [1.165, 1.54) is 9.75 Å². The molecule has 0 spiro atoms. The lowest BCUT2D eigenvalue weighted by atomic mass is 10.2. The second kappa shape index (κ2) is 6.87. The Balaban J connectivity index is 2.29. The second-order valence-corrected chi connectivity index (χ2v) is 5.82. The van der Waals surface area contributed by atoms with Gasteiger partial charge in [-0.05, 0) is 38.4 Å². The summed E-state index contributed by atoms with van der Waals surface area (Å²) in [6.07, 6.45) is 6.20. The number of aromatic nitrogens is 2. The molecule has 1 N–H and O–H groups in total. The van der Waals surface area contributed by atoms with Gasteiger partial charge in [-0.3, -0.25) is 0 Å². The van der Waals surface area contributed by atoms with Gasteiger partial charge in [-0.15, -0.1) is 11.3 Å². The van der Waals surface area contributed by atoms with Gasteiger partial charge in [0.05, 0.1) is 0 Å². The van der Waals surface area contributed by atoms with Crippen molar-refractivity contribution in [2.75, 3.05) is 6.54 Å². The molecule has 0 bridgehead atoms. The summed E-state index contributed by atoms with van der Waals surface area (Å²) in [6.45, 7) is 8.54. The van der Waals surface area contributed by atoms with Crippen molar-refractivity contribution in [1.29, 1.82) is 0 Å². The standard InChI is InChI=1S/C15H23N3S/c1-4-9-16-14(13-8-7-12(5-2)19-13)15-17-10-11-18(15)6-3/h7-8,10-11,14,16H,4-6,9H2,1-3H3. The summed E-state index contributed by atoms with van der Waals surface area (Å²) in [5.41, 5.74) is 0. The summed E-state index contributed by atoms with van der Waals surface area (Å²) < 4.78 is 2.22. The molecule has 1 unspecified atom stereocenters. The first-order valence-electron chi connectivity index (χ1n) is 7.13. The van der Waals surface area contributed by atoms with Crippen molar-refractivity contribution in [2.45, 2.75) is 46.2 Å². The molecular formula is C15H23N3S. The molecule has 0 fully saturated rings. The van der Waals surface area contributed by atoms with E-state index in [0.29, 0.717) is 0 Å². The monoisotopic (exact) mass is 277 g/mol. The maximum atomic E-state index is 4.56. The van der Waals surface area contributed by atoms with Gasteiger partial charge in [0.25, 0.3) is 0 Å². The molecule has 1 atom stereocenters. The van der Waals surface area contributed by atoms with E-state index in [4.69, 9.17) is 0 Å². The number of rotatable bonds is 7. The van der Waals surface area contributed by atoms with E-state index in [2.05, 4.69) is 54.0 Å². The molecule has 3 nitrogen and oxygen atoms in total. The Hall–Kier alpha value is -1.13. The first kappa shape index (κ1) is 14.3. The Kier molecular flexibility index (Phi) is 5.16. The third-order valence-electron chi connectivity index (χ3n) is 3.26. The summed E-state index contributed by atoms with van der Waals surface area (Å²) >= 11 is 1.89. The van der Waals surface area contributed by atoms with Crippen LogP contribution in [0.1, 0.15) is 48.8 Å². The highest BCUT2D eigenvalue weighted by Gasteiger charge is 2.19. The van der Waals surface area contributed by atoms with Crippen molar-refractivity contribution in [3.8, 4) is 0 Å². The zero-order valence-corrected chi connectivity index (χ0v) is 12.8. The summed E-state index contributed by atoms with van der Waals surface area (Å²) in [5.74, 6) is 1.13. The van der Waals surface area contributed by atoms with Crippen molar-refractivity contribution in [3.63, 3.8) is 0 Å². The molecule has 0 radical (unpaired) electrons. The zero-order valence-electron chi connectivity index (χ0n) is 12.0. The molecule has 0 aliphatic carbocycles. The van der Waals surface area contributed by atoms with Gasteiger partial charge in [0.2, 0.25) is 0 Å². The molecule has 0 saturated carbocycles. The van der Waals surface area contributed by atoms with Gasteiger partial charge < -0.3 is 9.88 Å². The molecule has 19 heavy (non-hydrogen) atoms. The van der Waals surface area contributed by atoms with Crippen LogP contribution in [0.15, 0.2) is 24.5 Å². The molecule has 2 rings (SSSR count). The molecular weight excluding hydrogens is 254 g/mol. The van der Waals surface area contributed by atoms with Crippen molar-refractivity contribution >= 4 is 11.3 Å². The van der Waals surface area contributed by atoms with Crippen LogP contribution < -0.4 is 5.32 Å². The molecule has 0 amide bonds. The van der Waals surface area contributed by atoms with Gasteiger partial charge in [0.15, 0.2) is 0 Å². The average Bonchev–Trinajstić information content (AvgIpc) is 3.08. The lowest BCUT2D eigenvalue weighted by molar-refractivity contribution is 0.547. The van der Waals surface area contributed by atoms with Gasteiger partial charge in [-0.25, -0.2) is 4.98 Å². The number of hydrogen-bond acceptors (Lipinski definition) is 3. The van der Waals surface area contributed by atoms with Crippen LogP contribution in [-0.2, 0) is 13.0 Å². The van der Waals surface area contributed by atoms with Crippen LogP contribution in [-0.4, -0.2) is 16.1 Å². The number of nitrogens with one attached hydrogen (secondary N) is 1. The van der Waals surface area contributed by atoms with Crippen LogP contribution in [0.4, 0.5) is 0 Å². The normalized spacial score (nSPS) is 12.8. The van der Waals surface area contributed by atoms with E-state index < -0.39 is 0 Å². The Labute approximate surface area is 119 Å². The van der Waals surface area contributed by atoms with E-state index in [1.807, 2.05) is 17.5 Å². The molecule has 0 aromatic carbocycles. The third kappa shape index (κ3) is 3.25. The molecule has 4 heteroatoms. The first-order chi connectivity index (χ1) is 9.30. The van der Waals surface area contributed by atoms with Gasteiger partial charge in [0, 0.05) is 28.7 Å². The second-order valence-electron chi connectivity index (χ2n) is 4.62. The largest absolute Gasteiger partial charge is 0.334 e. The molecule has 104 valence electrons. The van der Waals surface area contributed by atoms with E-state index in [9.17, 15) is 0 Å². The zero-order chi connectivity index (χ0) is 13.7. The van der Waals surface area contributed by atoms with Crippen molar-refractivity contribution < 1.29 is 0 Å². The highest BCUT2D eigenvalue weighted by molar-refractivity contribution is 7.12. The van der Waals surface area contributed by atoms with Crippen LogP contribution >= 0.6 is 11.3 Å². The number of aryl methyl sites for hydroxylation is 2. The Bertz CT molecular complexity index is 501. The summed E-state index contributed by atoms with van der Waals surface area (Å²) in [5, 5.41) is 3.63. The number of nitrogens with zero attached hydrogens (tertiary/aromatic N) is 2. The number of hydrogen-bond donors (Lipinski definition) is 1. The first-order valence-corrected chi connectivity index (χ1v) is 7.94. The van der Waals surface area contributed by atoms with Crippen LogP contribution in [0, 0.1) is 0 Å². The van der Waals surface area contributed by atoms with Crippen LogP contribution in [0.3, 0.4) is 0 Å². The summed E-state index contributed by atoms with van der Waals surface area (Å²) in [4.78, 5) is 7.36. The summed E-state index contributed by atoms with van der Waals surface area (Å²) in [6, 6.07) is 4.70.